The smallest absolute Gasteiger partial charge is 0.246 e. The van der Waals surface area contributed by atoms with Crippen molar-refractivity contribution >= 4 is 22.8 Å². The van der Waals surface area contributed by atoms with Crippen LogP contribution in [0.1, 0.15) is 32.0 Å². The van der Waals surface area contributed by atoms with E-state index in [9.17, 15) is 4.79 Å². The molecule has 0 bridgehead atoms. The molecular weight excluding hydrogens is 330 g/mol. The van der Waals surface area contributed by atoms with Crippen molar-refractivity contribution < 1.29 is 4.79 Å². The Hall–Kier alpha value is -2.48. The lowest BCUT2D eigenvalue weighted by Gasteiger charge is -2.15. The Morgan fingerprint density at radius 1 is 1.38 bits per heavy atom. The number of nitrogens with zero attached hydrogens (tertiary/aromatic N) is 6. The van der Waals surface area contributed by atoms with Gasteiger partial charge in [-0.15, -0.1) is 0 Å². The van der Waals surface area contributed by atoms with Crippen molar-refractivity contribution in [2.75, 3.05) is 39.5 Å². The normalized spacial score (nSPS) is 17.2. The number of aryl methyl sites for hydroxylation is 1. The van der Waals surface area contributed by atoms with Crippen molar-refractivity contribution in [3.05, 3.63) is 24.2 Å². The first-order valence-electron chi connectivity index (χ1n) is 9.03. The zero-order valence-corrected chi connectivity index (χ0v) is 16.3. The van der Waals surface area contributed by atoms with Crippen LogP contribution in [0, 0.1) is 6.92 Å². The molecule has 0 aliphatic carbocycles. The zero-order chi connectivity index (χ0) is 19.3. The third kappa shape index (κ3) is 4.19. The van der Waals surface area contributed by atoms with E-state index in [2.05, 4.69) is 15.1 Å². The fraction of sp³-hybridized carbons (Fsp3) is 0.556. The highest BCUT2D eigenvalue weighted by molar-refractivity contribution is 5.89. The Morgan fingerprint density at radius 2 is 2.12 bits per heavy atom. The molecule has 142 valence electrons. The Bertz CT molecular complexity index is 781. The molecule has 1 atom stereocenters. The van der Waals surface area contributed by atoms with E-state index in [1.807, 2.05) is 55.4 Å². The number of hydrogen-bond donors (Lipinski definition) is 1. The van der Waals surface area contributed by atoms with E-state index < -0.39 is 0 Å². The minimum absolute atomic E-state index is 0.0432. The molecule has 26 heavy (non-hydrogen) atoms. The van der Waals surface area contributed by atoms with Crippen LogP contribution in [-0.2, 0) is 4.79 Å². The van der Waals surface area contributed by atoms with Crippen molar-refractivity contribution in [2.45, 2.75) is 33.2 Å². The third-order valence-corrected chi connectivity index (χ3v) is 4.25. The first-order valence-corrected chi connectivity index (χ1v) is 9.03. The van der Waals surface area contributed by atoms with Gasteiger partial charge in [-0.05, 0) is 27.4 Å². The van der Waals surface area contributed by atoms with Crippen molar-refractivity contribution in [1.29, 1.82) is 0 Å². The standard InChI is InChI=1S/C16H23N7O.C2H6/c1-11-14-15(17)18-10-19-16(14)23(20-11)12-6-8-22(9-12)13(24)5-4-7-21(2)3;1-2/h4-5,10,12H,6-9H2,1-3H3,(H2,17,18,19);1-2H3/b5-4+;. The molecule has 1 saturated heterocycles. The lowest BCUT2D eigenvalue weighted by atomic mass is 10.2. The van der Waals surface area contributed by atoms with Crippen LogP contribution in [0.25, 0.3) is 11.0 Å². The summed E-state index contributed by atoms with van der Waals surface area (Å²) in [4.78, 5) is 24.5. The lowest BCUT2D eigenvalue weighted by molar-refractivity contribution is -0.125. The summed E-state index contributed by atoms with van der Waals surface area (Å²) in [7, 11) is 3.94. The SMILES string of the molecule is CC.Cc1nn(C2CCN(C(=O)/C=C/CN(C)C)C2)c2ncnc(N)c12. The second kappa shape index (κ2) is 8.75. The molecular formula is C18H29N7O. The van der Waals surface area contributed by atoms with Crippen molar-refractivity contribution in [3.63, 3.8) is 0 Å². The van der Waals surface area contributed by atoms with Crippen LogP contribution in [0.2, 0.25) is 0 Å². The first kappa shape index (κ1) is 19.8. The predicted molar refractivity (Wildman–Crippen MR) is 104 cm³/mol. The summed E-state index contributed by atoms with van der Waals surface area (Å²) in [6.07, 6.45) is 5.84. The molecule has 3 heterocycles. The van der Waals surface area contributed by atoms with Gasteiger partial charge in [-0.2, -0.15) is 5.10 Å². The second-order valence-electron chi connectivity index (χ2n) is 6.38. The average Bonchev–Trinajstić information content (AvgIpc) is 3.22. The monoisotopic (exact) mass is 359 g/mol. The number of nitrogens with two attached hydrogens (primary N) is 1. The number of rotatable bonds is 4. The molecule has 8 heteroatoms. The van der Waals surface area contributed by atoms with Gasteiger partial charge in [0, 0.05) is 25.7 Å². The number of hydrogen-bond acceptors (Lipinski definition) is 6. The summed E-state index contributed by atoms with van der Waals surface area (Å²) in [6.45, 7) is 8.00. The number of fused-ring (bicyclic) bond motifs is 1. The van der Waals surface area contributed by atoms with Crippen LogP contribution in [0.4, 0.5) is 5.82 Å². The van der Waals surface area contributed by atoms with E-state index in [0.717, 1.165) is 36.2 Å². The largest absolute Gasteiger partial charge is 0.383 e. The van der Waals surface area contributed by atoms with E-state index in [-0.39, 0.29) is 11.9 Å². The predicted octanol–water partition coefficient (Wildman–Crippen LogP) is 1.63. The molecule has 1 aliphatic heterocycles. The number of amides is 1. The van der Waals surface area contributed by atoms with E-state index >= 15 is 0 Å². The molecule has 1 amide bonds. The van der Waals surface area contributed by atoms with Crippen LogP contribution >= 0.6 is 0 Å². The Balaban J connectivity index is 0.00000117. The molecule has 2 aromatic heterocycles. The molecule has 1 aliphatic rings. The summed E-state index contributed by atoms with van der Waals surface area (Å²) >= 11 is 0. The van der Waals surface area contributed by atoms with Crippen LogP contribution < -0.4 is 5.73 Å². The highest BCUT2D eigenvalue weighted by Crippen LogP contribution is 2.28. The maximum Gasteiger partial charge on any atom is 0.246 e. The molecule has 2 N–H and O–H groups in total. The molecule has 0 aromatic carbocycles. The van der Waals surface area contributed by atoms with Gasteiger partial charge in [0.2, 0.25) is 5.91 Å². The fourth-order valence-corrected chi connectivity index (χ4v) is 3.04. The number of nitrogen functional groups attached to an aromatic ring is 1. The first-order chi connectivity index (χ1) is 12.5. The van der Waals surface area contributed by atoms with Gasteiger partial charge in [-0.25, -0.2) is 14.6 Å². The van der Waals surface area contributed by atoms with Gasteiger partial charge in [0.15, 0.2) is 5.65 Å². The van der Waals surface area contributed by atoms with Gasteiger partial charge in [-0.3, -0.25) is 4.79 Å². The Morgan fingerprint density at radius 3 is 2.81 bits per heavy atom. The van der Waals surface area contributed by atoms with Gasteiger partial charge < -0.3 is 15.5 Å². The summed E-state index contributed by atoms with van der Waals surface area (Å²) in [5, 5.41) is 5.38. The fourth-order valence-electron chi connectivity index (χ4n) is 3.04. The van der Waals surface area contributed by atoms with Gasteiger partial charge in [-0.1, -0.05) is 19.9 Å². The van der Waals surface area contributed by atoms with E-state index in [1.165, 1.54) is 6.33 Å². The minimum atomic E-state index is 0.0432. The molecule has 1 fully saturated rings. The number of likely N-dealkylation sites (tertiary alicyclic amines) is 1. The van der Waals surface area contributed by atoms with E-state index in [0.29, 0.717) is 12.4 Å². The number of carbonyl (C=O) groups is 1. The van der Waals surface area contributed by atoms with Crippen LogP contribution in [-0.4, -0.2) is 69.2 Å². The maximum absolute atomic E-state index is 12.3. The molecule has 2 aromatic rings. The van der Waals surface area contributed by atoms with E-state index in [1.54, 1.807) is 6.08 Å². The summed E-state index contributed by atoms with van der Waals surface area (Å²) < 4.78 is 1.89. The molecule has 1 unspecified atom stereocenters. The third-order valence-electron chi connectivity index (χ3n) is 4.25. The number of anilines is 1. The van der Waals surface area contributed by atoms with E-state index in [4.69, 9.17) is 5.73 Å². The molecule has 3 rings (SSSR count). The zero-order valence-electron chi connectivity index (χ0n) is 16.3. The number of aromatic nitrogens is 4. The Kier molecular flexibility index (Phi) is 6.68. The van der Waals surface area contributed by atoms with Crippen molar-refractivity contribution in [1.82, 2.24) is 29.5 Å². The molecule has 0 radical (unpaired) electrons. The van der Waals surface area contributed by atoms with Crippen LogP contribution in [0.15, 0.2) is 18.5 Å². The topological polar surface area (TPSA) is 93.2 Å². The number of carbonyl (C=O) groups excluding carboxylic acids is 1. The van der Waals surface area contributed by atoms with Crippen molar-refractivity contribution in [3.8, 4) is 0 Å². The summed E-state index contributed by atoms with van der Waals surface area (Å²) in [6, 6.07) is 0.113. The Labute approximate surface area is 154 Å². The molecule has 0 spiro atoms. The molecule has 0 saturated carbocycles. The van der Waals surface area contributed by atoms with Gasteiger partial charge in [0.25, 0.3) is 0 Å². The second-order valence-corrected chi connectivity index (χ2v) is 6.38. The maximum atomic E-state index is 12.3. The highest BCUT2D eigenvalue weighted by Gasteiger charge is 2.29. The molecule has 8 nitrogen and oxygen atoms in total. The quantitative estimate of drug-likeness (QED) is 0.834. The van der Waals surface area contributed by atoms with Gasteiger partial charge in [0.05, 0.1) is 17.1 Å². The average molecular weight is 359 g/mol. The van der Waals surface area contributed by atoms with Crippen LogP contribution in [0.3, 0.4) is 0 Å². The van der Waals surface area contributed by atoms with Crippen LogP contribution in [0.5, 0.6) is 0 Å². The number of likely N-dealkylation sites (N-methyl/N-ethyl adjacent to an activating group) is 1. The van der Waals surface area contributed by atoms with Crippen molar-refractivity contribution in [2.24, 2.45) is 0 Å². The lowest BCUT2D eigenvalue weighted by Crippen LogP contribution is -2.28. The summed E-state index contributed by atoms with van der Waals surface area (Å²) in [5.74, 6) is 0.489. The van der Waals surface area contributed by atoms with Gasteiger partial charge in [0.1, 0.15) is 12.1 Å². The van der Waals surface area contributed by atoms with Gasteiger partial charge >= 0.3 is 0 Å². The highest BCUT2D eigenvalue weighted by atomic mass is 16.2. The summed E-state index contributed by atoms with van der Waals surface area (Å²) in [5.41, 5.74) is 7.50. The minimum Gasteiger partial charge on any atom is -0.383 e.